The van der Waals surface area contributed by atoms with E-state index in [-0.39, 0.29) is 5.91 Å². The molecule has 0 saturated carbocycles. The Kier molecular flexibility index (Phi) is 3.99. The van der Waals surface area contributed by atoms with Crippen molar-refractivity contribution in [1.29, 1.82) is 5.26 Å². The first kappa shape index (κ1) is 15.2. The van der Waals surface area contributed by atoms with Gasteiger partial charge >= 0.3 is 0 Å². The van der Waals surface area contributed by atoms with Gasteiger partial charge in [-0.25, -0.2) is 0 Å². The van der Waals surface area contributed by atoms with E-state index in [1.54, 1.807) is 11.3 Å². The van der Waals surface area contributed by atoms with Gasteiger partial charge in [-0.2, -0.15) is 5.26 Å². The van der Waals surface area contributed by atoms with Crippen LogP contribution in [-0.4, -0.2) is 19.0 Å². The number of aryl methyl sites for hydroxylation is 2. The van der Waals surface area contributed by atoms with Crippen LogP contribution in [0.1, 0.15) is 34.4 Å². The molecule has 4 nitrogen and oxygen atoms in total. The highest BCUT2D eigenvalue weighted by molar-refractivity contribution is 7.16. The van der Waals surface area contributed by atoms with Gasteiger partial charge in [-0.1, -0.05) is 18.2 Å². The molecule has 0 bridgehead atoms. The van der Waals surface area contributed by atoms with Gasteiger partial charge in [0, 0.05) is 17.1 Å². The van der Waals surface area contributed by atoms with Gasteiger partial charge in [0.05, 0.1) is 12.1 Å². The highest BCUT2D eigenvalue weighted by atomic mass is 32.1. The molecule has 0 atom stereocenters. The van der Waals surface area contributed by atoms with Gasteiger partial charge in [-0.3, -0.25) is 4.79 Å². The van der Waals surface area contributed by atoms with Crippen LogP contribution in [0.5, 0.6) is 0 Å². The maximum Gasteiger partial charge on any atom is 0.244 e. The molecule has 1 aromatic heterocycles. The Morgan fingerprint density at radius 3 is 3.00 bits per heavy atom. The second-order valence-corrected chi connectivity index (χ2v) is 7.48. The molecule has 2 heterocycles. The Bertz CT molecular complexity index is 834. The number of carbonyl (C=O) groups excluding carboxylic acids is 1. The van der Waals surface area contributed by atoms with Crippen LogP contribution in [-0.2, 0) is 24.1 Å². The van der Waals surface area contributed by atoms with Crippen LogP contribution in [0.3, 0.4) is 0 Å². The van der Waals surface area contributed by atoms with E-state index in [0.717, 1.165) is 54.9 Å². The number of nitrogens with one attached hydrogen (secondary N) is 1. The predicted molar refractivity (Wildman–Crippen MR) is 96.7 cm³/mol. The second-order valence-electron chi connectivity index (χ2n) is 6.38. The third-order valence-electron chi connectivity index (χ3n) is 4.83. The minimum absolute atomic E-state index is 0.0388. The molecular weight excluding hydrogens is 318 g/mol. The van der Waals surface area contributed by atoms with Gasteiger partial charge in [-0.15, -0.1) is 11.3 Å². The molecular formula is C19H19N3OS. The summed E-state index contributed by atoms with van der Waals surface area (Å²) in [5.74, 6) is -0.0388. The zero-order chi connectivity index (χ0) is 16.5. The summed E-state index contributed by atoms with van der Waals surface area (Å²) in [4.78, 5) is 15.9. The molecule has 1 aromatic carbocycles. The molecule has 1 amide bonds. The van der Waals surface area contributed by atoms with Crippen LogP contribution in [0.2, 0.25) is 0 Å². The summed E-state index contributed by atoms with van der Waals surface area (Å²) in [5.41, 5.74) is 4.30. The molecule has 1 aliphatic heterocycles. The molecule has 0 fully saturated rings. The van der Waals surface area contributed by atoms with Gasteiger partial charge in [0.1, 0.15) is 11.1 Å². The maximum absolute atomic E-state index is 12.5. The van der Waals surface area contributed by atoms with Crippen molar-refractivity contribution in [3.63, 3.8) is 0 Å². The van der Waals surface area contributed by atoms with E-state index in [1.807, 2.05) is 6.07 Å². The third-order valence-corrected chi connectivity index (χ3v) is 6.03. The lowest BCUT2D eigenvalue weighted by Gasteiger charge is -2.30. The van der Waals surface area contributed by atoms with Crippen molar-refractivity contribution in [2.24, 2.45) is 0 Å². The first-order valence-electron chi connectivity index (χ1n) is 8.43. The van der Waals surface area contributed by atoms with Crippen molar-refractivity contribution in [1.82, 2.24) is 0 Å². The van der Waals surface area contributed by atoms with E-state index < -0.39 is 0 Å². The highest BCUT2D eigenvalue weighted by Gasteiger charge is 2.24. The van der Waals surface area contributed by atoms with E-state index in [2.05, 4.69) is 34.5 Å². The normalized spacial score (nSPS) is 15.5. The molecule has 1 N–H and O–H groups in total. The molecule has 5 heteroatoms. The molecule has 0 unspecified atom stereocenters. The van der Waals surface area contributed by atoms with E-state index >= 15 is 0 Å². The SMILES string of the molecule is N#Cc1c(NC(=O)CN2CCCc3ccccc32)sc2c1CCC2. The average molecular weight is 337 g/mol. The third kappa shape index (κ3) is 2.67. The standard InChI is InChI=1S/C19H19N3OS/c20-11-15-14-7-3-9-17(14)24-19(15)21-18(23)12-22-10-4-6-13-5-1-2-8-16(13)22/h1-2,5,8H,3-4,6-7,9-10,12H2,(H,21,23). The topological polar surface area (TPSA) is 56.1 Å². The molecule has 0 radical (unpaired) electrons. The van der Waals surface area contributed by atoms with E-state index in [1.165, 1.54) is 10.4 Å². The molecule has 0 spiro atoms. The summed E-state index contributed by atoms with van der Waals surface area (Å²) in [6, 6.07) is 10.6. The summed E-state index contributed by atoms with van der Waals surface area (Å²) in [6.07, 6.45) is 5.26. The fourth-order valence-electron chi connectivity index (χ4n) is 3.73. The van der Waals surface area contributed by atoms with Gasteiger partial charge in [0.25, 0.3) is 0 Å². The monoisotopic (exact) mass is 337 g/mol. The molecule has 1 aliphatic carbocycles. The summed E-state index contributed by atoms with van der Waals surface area (Å²) in [5, 5.41) is 13.1. The predicted octanol–water partition coefficient (Wildman–Crippen LogP) is 3.50. The number of fused-ring (bicyclic) bond motifs is 2. The quantitative estimate of drug-likeness (QED) is 0.932. The summed E-state index contributed by atoms with van der Waals surface area (Å²) < 4.78 is 0. The van der Waals surface area contributed by atoms with Crippen LogP contribution in [0.4, 0.5) is 10.7 Å². The van der Waals surface area contributed by atoms with E-state index in [9.17, 15) is 10.1 Å². The number of nitrogens with zero attached hydrogens (tertiary/aromatic N) is 2. The number of amides is 1. The van der Waals surface area contributed by atoms with Crippen molar-refractivity contribution in [2.45, 2.75) is 32.1 Å². The molecule has 4 rings (SSSR count). The lowest BCUT2D eigenvalue weighted by molar-refractivity contribution is -0.115. The molecule has 2 aromatic rings. The van der Waals surface area contributed by atoms with E-state index in [0.29, 0.717) is 12.1 Å². The number of rotatable bonds is 3. The largest absolute Gasteiger partial charge is 0.362 e. The van der Waals surface area contributed by atoms with Gasteiger partial charge in [0.15, 0.2) is 0 Å². The average Bonchev–Trinajstić information content (AvgIpc) is 3.15. The first-order chi connectivity index (χ1) is 11.8. The Hall–Kier alpha value is -2.32. The number of carbonyl (C=O) groups is 1. The number of hydrogen-bond acceptors (Lipinski definition) is 4. The lowest BCUT2D eigenvalue weighted by atomic mass is 10.0. The summed E-state index contributed by atoms with van der Waals surface area (Å²) >= 11 is 1.58. The lowest BCUT2D eigenvalue weighted by Crippen LogP contribution is -2.36. The highest BCUT2D eigenvalue weighted by Crippen LogP contribution is 2.38. The van der Waals surface area contributed by atoms with Crippen LogP contribution in [0.15, 0.2) is 24.3 Å². The zero-order valence-electron chi connectivity index (χ0n) is 13.5. The van der Waals surface area contributed by atoms with Crippen molar-refractivity contribution in [3.8, 4) is 6.07 Å². The smallest absolute Gasteiger partial charge is 0.244 e. The van der Waals surface area contributed by atoms with Crippen LogP contribution >= 0.6 is 11.3 Å². The van der Waals surface area contributed by atoms with Crippen LogP contribution < -0.4 is 10.2 Å². The minimum Gasteiger partial charge on any atom is -0.362 e. The van der Waals surface area contributed by atoms with Crippen molar-refractivity contribution >= 4 is 27.9 Å². The number of thiophene rings is 1. The van der Waals surface area contributed by atoms with Gasteiger partial charge in [-0.05, 0) is 49.3 Å². The Labute approximate surface area is 145 Å². The zero-order valence-corrected chi connectivity index (χ0v) is 14.3. The second kappa shape index (κ2) is 6.29. The van der Waals surface area contributed by atoms with Crippen molar-refractivity contribution in [2.75, 3.05) is 23.3 Å². The molecule has 122 valence electrons. The molecule has 0 saturated heterocycles. The van der Waals surface area contributed by atoms with Crippen molar-refractivity contribution in [3.05, 3.63) is 45.8 Å². The van der Waals surface area contributed by atoms with E-state index in [4.69, 9.17) is 0 Å². The molecule has 24 heavy (non-hydrogen) atoms. The van der Waals surface area contributed by atoms with Crippen LogP contribution in [0.25, 0.3) is 0 Å². The van der Waals surface area contributed by atoms with Gasteiger partial charge < -0.3 is 10.2 Å². The summed E-state index contributed by atoms with van der Waals surface area (Å²) in [6.45, 7) is 1.24. The number of anilines is 2. The molecule has 2 aliphatic rings. The maximum atomic E-state index is 12.5. The Morgan fingerprint density at radius 1 is 1.25 bits per heavy atom. The summed E-state index contributed by atoms with van der Waals surface area (Å²) in [7, 11) is 0. The Morgan fingerprint density at radius 2 is 2.12 bits per heavy atom. The van der Waals surface area contributed by atoms with Gasteiger partial charge in [0.2, 0.25) is 5.91 Å². The first-order valence-corrected chi connectivity index (χ1v) is 9.25. The number of para-hydroxylation sites is 1. The number of hydrogen-bond donors (Lipinski definition) is 1. The number of benzene rings is 1. The Balaban J connectivity index is 1.50. The minimum atomic E-state index is -0.0388. The van der Waals surface area contributed by atoms with Crippen LogP contribution in [0, 0.1) is 11.3 Å². The number of nitriles is 1. The fourth-order valence-corrected chi connectivity index (χ4v) is 4.98. The fraction of sp³-hybridized carbons (Fsp3) is 0.368. The van der Waals surface area contributed by atoms with Crippen molar-refractivity contribution < 1.29 is 4.79 Å².